The number of amides is 2. The Morgan fingerprint density at radius 3 is 2.57 bits per heavy atom. The molecule has 1 aromatic carbocycles. The lowest BCUT2D eigenvalue weighted by atomic mass is 9.95. The smallest absolute Gasteiger partial charge is 0.255 e. The molecule has 0 unspecified atom stereocenters. The van der Waals surface area contributed by atoms with Gasteiger partial charge in [0.25, 0.3) is 5.91 Å². The lowest BCUT2D eigenvalue weighted by Crippen LogP contribution is -2.41. The normalized spacial score (nSPS) is 17.6. The molecule has 7 nitrogen and oxygen atoms in total. The lowest BCUT2D eigenvalue weighted by molar-refractivity contribution is -0.121. The van der Waals surface area contributed by atoms with E-state index in [1.54, 1.807) is 35.5 Å². The summed E-state index contributed by atoms with van der Waals surface area (Å²) >= 11 is 6.19. The van der Waals surface area contributed by atoms with E-state index >= 15 is 0 Å². The molecule has 8 heteroatoms. The van der Waals surface area contributed by atoms with E-state index in [1.807, 2.05) is 12.1 Å². The second-order valence-corrected chi connectivity index (χ2v) is 7.99. The fourth-order valence-corrected chi connectivity index (χ4v) is 4.11. The van der Waals surface area contributed by atoms with Gasteiger partial charge in [0.2, 0.25) is 5.91 Å². The van der Waals surface area contributed by atoms with E-state index < -0.39 is 0 Å². The number of piperidine rings is 1. The first kappa shape index (κ1) is 20.6. The van der Waals surface area contributed by atoms with Gasteiger partial charge in [0.1, 0.15) is 0 Å². The third kappa shape index (κ3) is 4.74. The Kier molecular flexibility index (Phi) is 6.50. The maximum Gasteiger partial charge on any atom is 0.255 e. The number of morpholine rings is 1. The predicted octanol–water partition coefficient (Wildman–Crippen LogP) is 3.06. The van der Waals surface area contributed by atoms with Crippen LogP contribution in [-0.4, -0.2) is 61.1 Å². The SMILES string of the molecule is O=C(Nc1cc(Cl)ccc1N1CCOCC1)C1CCN(C(=O)c2cccnc2)CC1. The maximum absolute atomic E-state index is 12.9. The highest BCUT2D eigenvalue weighted by Gasteiger charge is 2.28. The summed E-state index contributed by atoms with van der Waals surface area (Å²) in [6, 6.07) is 9.10. The highest BCUT2D eigenvalue weighted by Crippen LogP contribution is 2.31. The van der Waals surface area contributed by atoms with Crippen molar-refractivity contribution in [1.82, 2.24) is 9.88 Å². The molecular weight excluding hydrogens is 404 g/mol. The van der Waals surface area contributed by atoms with Crippen molar-refractivity contribution in [1.29, 1.82) is 0 Å². The molecule has 158 valence electrons. The van der Waals surface area contributed by atoms with Crippen LogP contribution < -0.4 is 10.2 Å². The Hall–Kier alpha value is -2.64. The maximum atomic E-state index is 12.9. The lowest BCUT2D eigenvalue weighted by Gasteiger charge is -2.33. The van der Waals surface area contributed by atoms with Crippen LogP contribution in [0, 0.1) is 5.92 Å². The molecule has 3 heterocycles. The summed E-state index contributed by atoms with van der Waals surface area (Å²) in [5, 5.41) is 3.66. The number of aromatic nitrogens is 1. The van der Waals surface area contributed by atoms with Gasteiger partial charge < -0.3 is 19.9 Å². The average Bonchev–Trinajstić information content (AvgIpc) is 2.80. The predicted molar refractivity (Wildman–Crippen MR) is 116 cm³/mol. The minimum absolute atomic E-state index is 0.0275. The van der Waals surface area contributed by atoms with Crippen LogP contribution in [0.3, 0.4) is 0 Å². The first-order chi connectivity index (χ1) is 14.6. The van der Waals surface area contributed by atoms with Crippen LogP contribution in [0.15, 0.2) is 42.7 Å². The first-order valence-corrected chi connectivity index (χ1v) is 10.6. The van der Waals surface area contributed by atoms with Crippen molar-refractivity contribution < 1.29 is 14.3 Å². The minimum atomic E-state index is -0.139. The largest absolute Gasteiger partial charge is 0.378 e. The quantitative estimate of drug-likeness (QED) is 0.810. The van der Waals surface area contributed by atoms with Gasteiger partial charge in [-0.15, -0.1) is 0 Å². The van der Waals surface area contributed by atoms with Crippen molar-refractivity contribution in [2.45, 2.75) is 12.8 Å². The summed E-state index contributed by atoms with van der Waals surface area (Å²) in [5.41, 5.74) is 2.26. The number of hydrogen-bond donors (Lipinski definition) is 1. The van der Waals surface area contributed by atoms with Gasteiger partial charge >= 0.3 is 0 Å². The van der Waals surface area contributed by atoms with Gasteiger partial charge in [-0.25, -0.2) is 0 Å². The zero-order valence-corrected chi connectivity index (χ0v) is 17.5. The fourth-order valence-electron chi connectivity index (χ4n) is 3.94. The highest BCUT2D eigenvalue weighted by atomic mass is 35.5. The van der Waals surface area contributed by atoms with Crippen molar-refractivity contribution in [3.8, 4) is 0 Å². The number of benzene rings is 1. The molecule has 0 spiro atoms. The van der Waals surface area contributed by atoms with Gasteiger partial charge in [0.15, 0.2) is 0 Å². The van der Waals surface area contributed by atoms with Crippen LogP contribution >= 0.6 is 11.6 Å². The summed E-state index contributed by atoms with van der Waals surface area (Å²) in [4.78, 5) is 33.5. The third-order valence-corrected chi connectivity index (χ3v) is 5.86. The first-order valence-electron chi connectivity index (χ1n) is 10.2. The molecule has 2 aliphatic heterocycles. The van der Waals surface area contributed by atoms with Crippen LogP contribution in [0.1, 0.15) is 23.2 Å². The van der Waals surface area contributed by atoms with Gasteiger partial charge in [-0.05, 0) is 43.2 Å². The zero-order chi connectivity index (χ0) is 20.9. The summed E-state index contributed by atoms with van der Waals surface area (Å²) < 4.78 is 5.43. The Morgan fingerprint density at radius 2 is 1.87 bits per heavy atom. The van der Waals surface area contributed by atoms with E-state index in [2.05, 4.69) is 15.2 Å². The van der Waals surface area contributed by atoms with Gasteiger partial charge in [-0.2, -0.15) is 0 Å². The fraction of sp³-hybridized carbons (Fsp3) is 0.409. The molecule has 0 aliphatic carbocycles. The van der Waals surface area contributed by atoms with Gasteiger partial charge in [-0.3, -0.25) is 14.6 Å². The Bertz CT molecular complexity index is 895. The van der Waals surface area contributed by atoms with Crippen molar-refractivity contribution in [2.24, 2.45) is 5.92 Å². The van der Waals surface area contributed by atoms with E-state index in [-0.39, 0.29) is 17.7 Å². The molecule has 1 N–H and O–H groups in total. The number of carbonyl (C=O) groups is 2. The Balaban J connectivity index is 1.38. The molecule has 0 bridgehead atoms. The summed E-state index contributed by atoms with van der Waals surface area (Å²) in [6.07, 6.45) is 4.48. The minimum Gasteiger partial charge on any atom is -0.378 e. The second kappa shape index (κ2) is 9.45. The van der Waals surface area contributed by atoms with Gasteiger partial charge in [-0.1, -0.05) is 11.6 Å². The molecule has 2 saturated heterocycles. The molecule has 1 aromatic heterocycles. The van der Waals surface area contributed by atoms with E-state index in [9.17, 15) is 9.59 Å². The average molecular weight is 429 g/mol. The van der Waals surface area contributed by atoms with Crippen molar-refractivity contribution >= 4 is 34.8 Å². The van der Waals surface area contributed by atoms with Gasteiger partial charge in [0.05, 0.1) is 30.2 Å². The van der Waals surface area contributed by atoms with Crippen molar-refractivity contribution in [2.75, 3.05) is 49.6 Å². The molecule has 0 saturated carbocycles. The van der Waals surface area contributed by atoms with Crippen LogP contribution in [0.5, 0.6) is 0 Å². The summed E-state index contributed by atoms with van der Waals surface area (Å²) in [6.45, 7) is 3.99. The molecular formula is C22H25ClN4O3. The number of likely N-dealkylation sites (tertiary alicyclic amines) is 1. The number of nitrogens with zero attached hydrogens (tertiary/aromatic N) is 3. The number of rotatable bonds is 4. The number of pyridine rings is 1. The van der Waals surface area contributed by atoms with E-state index in [0.717, 1.165) is 24.5 Å². The van der Waals surface area contributed by atoms with Crippen LogP contribution in [-0.2, 0) is 9.53 Å². The van der Waals surface area contributed by atoms with Crippen molar-refractivity contribution in [3.63, 3.8) is 0 Å². The standard InChI is InChI=1S/C22H25ClN4O3/c23-18-3-4-20(26-10-12-30-13-11-26)19(14-18)25-21(28)16-5-8-27(9-6-16)22(29)17-2-1-7-24-15-17/h1-4,7,14-16H,5-6,8-13H2,(H,25,28). The molecule has 4 rings (SSSR count). The molecule has 30 heavy (non-hydrogen) atoms. The van der Waals surface area contributed by atoms with E-state index in [0.29, 0.717) is 49.7 Å². The van der Waals surface area contributed by atoms with Crippen LogP contribution in [0.25, 0.3) is 0 Å². The zero-order valence-electron chi connectivity index (χ0n) is 16.7. The molecule has 2 aromatic rings. The number of nitrogens with one attached hydrogen (secondary N) is 1. The van der Waals surface area contributed by atoms with E-state index in [1.165, 1.54) is 0 Å². The number of hydrogen-bond acceptors (Lipinski definition) is 5. The Labute approximate surface area is 181 Å². The van der Waals surface area contributed by atoms with Crippen LogP contribution in [0.2, 0.25) is 5.02 Å². The third-order valence-electron chi connectivity index (χ3n) is 5.63. The van der Waals surface area contributed by atoms with Crippen LogP contribution in [0.4, 0.5) is 11.4 Å². The second-order valence-electron chi connectivity index (χ2n) is 7.56. The summed E-state index contributed by atoms with van der Waals surface area (Å²) in [5.74, 6) is -0.203. The summed E-state index contributed by atoms with van der Waals surface area (Å²) in [7, 11) is 0. The highest BCUT2D eigenvalue weighted by molar-refractivity contribution is 6.31. The number of anilines is 2. The molecule has 2 aliphatic rings. The number of halogens is 1. The molecule has 2 fully saturated rings. The number of ether oxygens (including phenoxy) is 1. The monoisotopic (exact) mass is 428 g/mol. The molecule has 0 radical (unpaired) electrons. The van der Waals surface area contributed by atoms with E-state index in [4.69, 9.17) is 16.3 Å². The molecule has 2 amide bonds. The Morgan fingerprint density at radius 1 is 1.10 bits per heavy atom. The molecule has 0 atom stereocenters. The van der Waals surface area contributed by atoms with Crippen molar-refractivity contribution in [3.05, 3.63) is 53.3 Å². The number of carbonyl (C=O) groups excluding carboxylic acids is 2. The van der Waals surface area contributed by atoms with Gasteiger partial charge in [0, 0.05) is 49.5 Å². The topological polar surface area (TPSA) is 74.8 Å².